The number of hydrogen-bond acceptors (Lipinski definition) is 4. The first-order valence-electron chi connectivity index (χ1n) is 9.97. The molecule has 2 aromatic rings. The Kier molecular flexibility index (Phi) is 4.57. The van der Waals surface area contributed by atoms with E-state index in [2.05, 4.69) is 4.98 Å². The van der Waals surface area contributed by atoms with Crippen molar-refractivity contribution < 1.29 is 22.8 Å². The molecule has 1 saturated heterocycles. The predicted octanol–water partition coefficient (Wildman–Crippen LogP) is 4.57. The number of carbonyl (C=O) groups excluding carboxylic acids is 2. The number of benzene rings is 1. The van der Waals surface area contributed by atoms with Gasteiger partial charge >= 0.3 is 12.2 Å². The molecule has 0 radical (unpaired) electrons. The summed E-state index contributed by atoms with van der Waals surface area (Å²) < 4.78 is 40.2. The van der Waals surface area contributed by atoms with Crippen LogP contribution in [-0.4, -0.2) is 33.5 Å². The van der Waals surface area contributed by atoms with E-state index < -0.39 is 35.1 Å². The third kappa shape index (κ3) is 3.14. The number of nitrogen functional groups attached to an aromatic ring is 1. The van der Waals surface area contributed by atoms with E-state index in [4.69, 9.17) is 5.73 Å². The summed E-state index contributed by atoms with van der Waals surface area (Å²) in [4.78, 5) is 32.9. The van der Waals surface area contributed by atoms with Crippen molar-refractivity contribution in [2.24, 2.45) is 0 Å². The van der Waals surface area contributed by atoms with Gasteiger partial charge in [0.1, 0.15) is 11.4 Å². The summed E-state index contributed by atoms with van der Waals surface area (Å²) in [6.45, 7) is 5.07. The van der Waals surface area contributed by atoms with Gasteiger partial charge in [-0.1, -0.05) is 12.1 Å². The Morgan fingerprint density at radius 1 is 1.10 bits per heavy atom. The van der Waals surface area contributed by atoms with Gasteiger partial charge in [0.05, 0.1) is 17.1 Å². The second-order valence-corrected chi connectivity index (χ2v) is 8.67. The van der Waals surface area contributed by atoms with E-state index in [0.29, 0.717) is 5.82 Å². The molecule has 4 rings (SSSR count). The molecule has 2 fully saturated rings. The molecule has 0 spiro atoms. The van der Waals surface area contributed by atoms with Crippen LogP contribution in [0.3, 0.4) is 0 Å². The van der Waals surface area contributed by atoms with Crippen molar-refractivity contribution >= 4 is 23.4 Å². The zero-order valence-corrected chi connectivity index (χ0v) is 17.4. The molecule has 1 aromatic carbocycles. The first kappa shape index (κ1) is 21.1. The lowest BCUT2D eigenvalue weighted by Gasteiger charge is -2.33. The van der Waals surface area contributed by atoms with Gasteiger partial charge in [-0.15, -0.1) is 0 Å². The maximum atomic E-state index is 13.4. The van der Waals surface area contributed by atoms with Crippen LogP contribution in [0.15, 0.2) is 42.6 Å². The SMILES string of the molecule is CC(c1ccnc(N)c1)N1C(=O)N(c2ccc(C3(C(F)(F)F)CC3)cc2)C(=O)C1(C)C. The van der Waals surface area contributed by atoms with Crippen LogP contribution >= 0.6 is 0 Å². The van der Waals surface area contributed by atoms with Gasteiger partial charge in [-0.05, 0) is 69.0 Å². The summed E-state index contributed by atoms with van der Waals surface area (Å²) in [6.07, 6.45) is -2.70. The van der Waals surface area contributed by atoms with E-state index in [1.807, 2.05) is 0 Å². The van der Waals surface area contributed by atoms with Crippen LogP contribution in [0, 0.1) is 0 Å². The minimum Gasteiger partial charge on any atom is -0.384 e. The number of urea groups is 1. The molecule has 2 heterocycles. The second kappa shape index (κ2) is 6.70. The van der Waals surface area contributed by atoms with Crippen molar-refractivity contribution in [2.45, 2.75) is 56.8 Å². The largest absolute Gasteiger partial charge is 0.398 e. The van der Waals surface area contributed by atoms with E-state index in [0.717, 1.165) is 10.5 Å². The molecule has 164 valence electrons. The normalized spacial score (nSPS) is 20.8. The molecular formula is C22H23F3N4O2. The molecule has 2 aliphatic rings. The number of nitrogens with two attached hydrogens (primary N) is 1. The Hall–Kier alpha value is -3.10. The van der Waals surface area contributed by atoms with Crippen molar-refractivity contribution in [3.63, 3.8) is 0 Å². The Bertz CT molecular complexity index is 1050. The molecule has 1 aliphatic heterocycles. The van der Waals surface area contributed by atoms with E-state index in [1.165, 1.54) is 35.4 Å². The quantitative estimate of drug-likeness (QED) is 0.718. The Labute approximate surface area is 177 Å². The molecule has 1 atom stereocenters. The number of hydrogen-bond donors (Lipinski definition) is 1. The highest BCUT2D eigenvalue weighted by Crippen LogP contribution is 2.59. The lowest BCUT2D eigenvalue weighted by Crippen LogP contribution is -2.45. The highest BCUT2D eigenvalue weighted by molar-refractivity contribution is 6.23. The maximum absolute atomic E-state index is 13.4. The summed E-state index contributed by atoms with van der Waals surface area (Å²) in [5, 5.41) is 0. The lowest BCUT2D eigenvalue weighted by molar-refractivity contribution is -0.160. The Morgan fingerprint density at radius 3 is 2.23 bits per heavy atom. The van der Waals surface area contributed by atoms with Gasteiger partial charge in [-0.25, -0.2) is 14.7 Å². The third-order valence-corrected chi connectivity index (χ3v) is 6.37. The molecule has 31 heavy (non-hydrogen) atoms. The average molecular weight is 432 g/mol. The van der Waals surface area contributed by atoms with Crippen LogP contribution in [0.1, 0.15) is 50.8 Å². The van der Waals surface area contributed by atoms with Crippen LogP contribution in [0.25, 0.3) is 0 Å². The fraction of sp³-hybridized carbons (Fsp3) is 0.409. The van der Waals surface area contributed by atoms with Crippen LogP contribution in [-0.2, 0) is 10.2 Å². The van der Waals surface area contributed by atoms with Gasteiger partial charge in [-0.3, -0.25) is 4.79 Å². The highest BCUT2D eigenvalue weighted by atomic mass is 19.4. The third-order valence-electron chi connectivity index (χ3n) is 6.37. The van der Waals surface area contributed by atoms with E-state index in [1.54, 1.807) is 32.9 Å². The summed E-state index contributed by atoms with van der Waals surface area (Å²) in [5.74, 6) is -0.151. The second-order valence-electron chi connectivity index (χ2n) is 8.67. The standard InChI is InChI=1S/C22H23F3N4O2/c1-13(14-8-11-27-17(26)12-14)29-19(31)28(18(30)20(29,2)3)16-6-4-15(5-7-16)21(9-10-21)22(23,24)25/h4-8,11-13H,9-10H2,1-3H3,(H2,26,27). The number of halogens is 3. The minimum absolute atomic E-state index is 0.0464. The Morgan fingerprint density at radius 2 is 1.71 bits per heavy atom. The van der Waals surface area contributed by atoms with Crippen LogP contribution in [0.5, 0.6) is 0 Å². The number of alkyl halides is 3. The summed E-state index contributed by atoms with van der Waals surface area (Å²) in [6, 6.07) is 7.89. The zero-order chi connectivity index (χ0) is 22.8. The molecule has 6 nitrogen and oxygen atoms in total. The van der Waals surface area contributed by atoms with Gasteiger partial charge in [0.2, 0.25) is 0 Å². The number of rotatable bonds is 4. The number of amides is 3. The monoisotopic (exact) mass is 432 g/mol. The van der Waals surface area contributed by atoms with Crippen LogP contribution in [0.2, 0.25) is 0 Å². The zero-order valence-electron chi connectivity index (χ0n) is 17.4. The van der Waals surface area contributed by atoms with Crippen LogP contribution < -0.4 is 10.6 Å². The van der Waals surface area contributed by atoms with Gasteiger partial charge in [0.15, 0.2) is 0 Å². The fourth-order valence-electron chi connectivity index (χ4n) is 4.35. The van der Waals surface area contributed by atoms with Gasteiger partial charge in [0, 0.05) is 6.20 Å². The van der Waals surface area contributed by atoms with Crippen molar-refractivity contribution in [3.8, 4) is 0 Å². The number of carbonyl (C=O) groups is 2. The fourth-order valence-corrected chi connectivity index (χ4v) is 4.35. The van der Waals surface area contributed by atoms with Crippen molar-refractivity contribution in [1.82, 2.24) is 9.88 Å². The molecular weight excluding hydrogens is 409 g/mol. The molecule has 9 heteroatoms. The molecule has 3 amide bonds. The van der Waals surface area contributed by atoms with Crippen molar-refractivity contribution in [1.29, 1.82) is 0 Å². The topological polar surface area (TPSA) is 79.5 Å². The smallest absolute Gasteiger partial charge is 0.384 e. The molecule has 1 unspecified atom stereocenters. The van der Waals surface area contributed by atoms with Gasteiger partial charge in [-0.2, -0.15) is 13.2 Å². The Balaban J connectivity index is 1.66. The number of nitrogens with zero attached hydrogens (tertiary/aromatic N) is 3. The summed E-state index contributed by atoms with van der Waals surface area (Å²) in [7, 11) is 0. The number of anilines is 2. The molecule has 1 saturated carbocycles. The van der Waals surface area contributed by atoms with Gasteiger partial charge < -0.3 is 10.6 Å². The maximum Gasteiger partial charge on any atom is 0.398 e. The number of imide groups is 1. The number of aromatic nitrogens is 1. The predicted molar refractivity (Wildman–Crippen MR) is 109 cm³/mol. The molecule has 1 aliphatic carbocycles. The summed E-state index contributed by atoms with van der Waals surface area (Å²) >= 11 is 0. The number of pyridine rings is 1. The van der Waals surface area contributed by atoms with E-state index in [-0.39, 0.29) is 24.1 Å². The average Bonchev–Trinajstić information content (AvgIpc) is 3.47. The molecule has 0 bridgehead atoms. The minimum atomic E-state index is -4.32. The van der Waals surface area contributed by atoms with Gasteiger partial charge in [0.25, 0.3) is 5.91 Å². The first-order valence-corrected chi connectivity index (χ1v) is 9.97. The van der Waals surface area contributed by atoms with E-state index >= 15 is 0 Å². The molecule has 2 N–H and O–H groups in total. The van der Waals surface area contributed by atoms with Crippen molar-refractivity contribution in [3.05, 3.63) is 53.7 Å². The molecule has 1 aromatic heterocycles. The lowest BCUT2D eigenvalue weighted by atomic mass is 9.95. The van der Waals surface area contributed by atoms with Crippen molar-refractivity contribution in [2.75, 3.05) is 10.6 Å². The van der Waals surface area contributed by atoms with E-state index in [9.17, 15) is 22.8 Å². The summed E-state index contributed by atoms with van der Waals surface area (Å²) in [5.41, 5.74) is 3.90. The highest BCUT2D eigenvalue weighted by Gasteiger charge is 2.64. The van der Waals surface area contributed by atoms with Crippen LogP contribution in [0.4, 0.5) is 29.5 Å². The first-order chi connectivity index (χ1) is 14.4.